The molecule has 148 valence electrons. The standard InChI is InChI=1S/C20H23N3O4S/c1-12-4-6-16(7-5-12)23-11-15(9-19(23)24)20(25)22-18-10-17(28(21,26)27)8-13(2)14(18)3/h4-8,10,15H,9,11H2,1-3H3,(H,22,25)(H2,21,26,27)/t15-/m0/s1. The summed E-state index contributed by atoms with van der Waals surface area (Å²) in [6.45, 7) is 5.78. The summed E-state index contributed by atoms with van der Waals surface area (Å²) < 4.78 is 23.3. The lowest BCUT2D eigenvalue weighted by molar-refractivity contribution is -0.122. The maximum atomic E-state index is 12.7. The molecule has 0 spiro atoms. The normalized spacial score (nSPS) is 17.1. The summed E-state index contributed by atoms with van der Waals surface area (Å²) in [6.07, 6.45) is 0.104. The van der Waals surface area contributed by atoms with Gasteiger partial charge in [-0.2, -0.15) is 0 Å². The van der Waals surface area contributed by atoms with Gasteiger partial charge in [-0.1, -0.05) is 17.7 Å². The van der Waals surface area contributed by atoms with Crippen molar-refractivity contribution in [2.45, 2.75) is 32.1 Å². The van der Waals surface area contributed by atoms with Crippen molar-refractivity contribution in [1.29, 1.82) is 0 Å². The zero-order valence-electron chi connectivity index (χ0n) is 16.0. The molecule has 0 aromatic heterocycles. The van der Waals surface area contributed by atoms with Gasteiger partial charge in [0.1, 0.15) is 0 Å². The summed E-state index contributed by atoms with van der Waals surface area (Å²) in [5.41, 5.74) is 3.68. The molecule has 1 heterocycles. The third kappa shape index (κ3) is 4.07. The van der Waals surface area contributed by atoms with Gasteiger partial charge in [-0.15, -0.1) is 0 Å². The third-order valence-corrected chi connectivity index (χ3v) is 5.96. The van der Waals surface area contributed by atoms with Crippen LogP contribution in [0.2, 0.25) is 0 Å². The van der Waals surface area contributed by atoms with E-state index >= 15 is 0 Å². The Morgan fingerprint density at radius 1 is 1.14 bits per heavy atom. The summed E-state index contributed by atoms with van der Waals surface area (Å²) in [4.78, 5) is 26.7. The van der Waals surface area contributed by atoms with Crippen LogP contribution in [0.3, 0.4) is 0 Å². The van der Waals surface area contributed by atoms with Crippen LogP contribution in [-0.2, 0) is 19.6 Å². The first-order valence-electron chi connectivity index (χ1n) is 8.88. The zero-order chi connectivity index (χ0) is 20.6. The van der Waals surface area contributed by atoms with Crippen molar-refractivity contribution in [3.8, 4) is 0 Å². The molecule has 2 aromatic carbocycles. The van der Waals surface area contributed by atoms with Crippen LogP contribution in [0.5, 0.6) is 0 Å². The lowest BCUT2D eigenvalue weighted by Gasteiger charge is -2.18. The number of benzene rings is 2. The smallest absolute Gasteiger partial charge is 0.238 e. The van der Waals surface area contributed by atoms with Gasteiger partial charge in [-0.25, -0.2) is 13.6 Å². The minimum Gasteiger partial charge on any atom is -0.325 e. The largest absolute Gasteiger partial charge is 0.325 e. The SMILES string of the molecule is Cc1ccc(N2C[C@@H](C(=O)Nc3cc(S(N)(=O)=O)cc(C)c3C)CC2=O)cc1. The Balaban J connectivity index is 1.80. The van der Waals surface area contributed by atoms with Crippen LogP contribution < -0.4 is 15.4 Å². The Kier molecular flexibility index (Phi) is 5.27. The van der Waals surface area contributed by atoms with E-state index in [1.54, 1.807) is 18.7 Å². The average Bonchev–Trinajstić information content (AvgIpc) is 3.00. The van der Waals surface area contributed by atoms with E-state index in [9.17, 15) is 18.0 Å². The fraction of sp³-hybridized carbons (Fsp3) is 0.300. The number of amides is 2. The molecule has 0 aliphatic carbocycles. The maximum Gasteiger partial charge on any atom is 0.238 e. The molecule has 28 heavy (non-hydrogen) atoms. The van der Waals surface area contributed by atoms with E-state index < -0.39 is 15.9 Å². The highest BCUT2D eigenvalue weighted by Crippen LogP contribution is 2.28. The number of nitrogens with two attached hydrogens (primary N) is 1. The quantitative estimate of drug-likeness (QED) is 0.819. The van der Waals surface area contributed by atoms with Gasteiger partial charge in [-0.05, 0) is 56.2 Å². The molecule has 1 aliphatic rings. The molecule has 0 radical (unpaired) electrons. The Morgan fingerprint density at radius 3 is 2.39 bits per heavy atom. The highest BCUT2D eigenvalue weighted by molar-refractivity contribution is 7.89. The van der Waals surface area contributed by atoms with Gasteiger partial charge in [0.05, 0.1) is 10.8 Å². The van der Waals surface area contributed by atoms with Crippen molar-refractivity contribution in [3.63, 3.8) is 0 Å². The number of carbonyl (C=O) groups is 2. The monoisotopic (exact) mass is 401 g/mol. The summed E-state index contributed by atoms with van der Waals surface area (Å²) in [7, 11) is -3.89. The summed E-state index contributed by atoms with van der Waals surface area (Å²) >= 11 is 0. The second-order valence-electron chi connectivity index (χ2n) is 7.19. The minimum absolute atomic E-state index is 0.0605. The number of nitrogens with one attached hydrogen (secondary N) is 1. The minimum atomic E-state index is -3.89. The first-order chi connectivity index (χ1) is 13.1. The average molecular weight is 401 g/mol. The Hall–Kier alpha value is -2.71. The summed E-state index contributed by atoms with van der Waals surface area (Å²) in [6, 6.07) is 10.4. The number of anilines is 2. The van der Waals surface area contributed by atoms with Crippen LogP contribution in [-0.4, -0.2) is 26.8 Å². The molecule has 0 bridgehead atoms. The molecular weight excluding hydrogens is 378 g/mol. The molecule has 3 rings (SSSR count). The lowest BCUT2D eigenvalue weighted by atomic mass is 10.1. The number of aryl methyl sites for hydroxylation is 2. The molecule has 1 atom stereocenters. The number of rotatable bonds is 4. The lowest BCUT2D eigenvalue weighted by Crippen LogP contribution is -2.28. The topological polar surface area (TPSA) is 110 Å². The molecule has 2 aromatic rings. The molecule has 7 nitrogen and oxygen atoms in total. The van der Waals surface area contributed by atoms with E-state index in [4.69, 9.17) is 5.14 Å². The van der Waals surface area contributed by atoms with Crippen LogP contribution in [0, 0.1) is 26.7 Å². The molecule has 1 saturated heterocycles. The molecule has 0 unspecified atom stereocenters. The summed E-state index contributed by atoms with van der Waals surface area (Å²) in [5, 5.41) is 7.99. The van der Waals surface area contributed by atoms with Crippen molar-refractivity contribution < 1.29 is 18.0 Å². The van der Waals surface area contributed by atoms with Crippen molar-refractivity contribution in [2.24, 2.45) is 11.1 Å². The first-order valence-corrected chi connectivity index (χ1v) is 10.4. The number of primary sulfonamides is 1. The van der Waals surface area contributed by atoms with Gasteiger partial charge in [0, 0.05) is 24.3 Å². The Morgan fingerprint density at radius 2 is 1.79 bits per heavy atom. The molecule has 3 N–H and O–H groups in total. The Labute approximate surface area is 164 Å². The molecule has 0 saturated carbocycles. The van der Waals surface area contributed by atoms with Gasteiger partial charge >= 0.3 is 0 Å². The second kappa shape index (κ2) is 7.37. The van der Waals surface area contributed by atoms with E-state index in [1.807, 2.05) is 31.2 Å². The number of nitrogens with zero attached hydrogens (tertiary/aromatic N) is 1. The molecule has 1 aliphatic heterocycles. The fourth-order valence-corrected chi connectivity index (χ4v) is 3.84. The van der Waals surface area contributed by atoms with Crippen LogP contribution in [0.4, 0.5) is 11.4 Å². The van der Waals surface area contributed by atoms with Gasteiger partial charge in [0.15, 0.2) is 0 Å². The van der Waals surface area contributed by atoms with Crippen LogP contribution in [0.15, 0.2) is 41.3 Å². The number of sulfonamides is 1. The molecule has 1 fully saturated rings. The highest BCUT2D eigenvalue weighted by atomic mass is 32.2. The van der Waals surface area contributed by atoms with Crippen molar-refractivity contribution in [3.05, 3.63) is 53.1 Å². The molecule has 2 amide bonds. The first kappa shape index (κ1) is 20.0. The zero-order valence-corrected chi connectivity index (χ0v) is 16.8. The van der Waals surface area contributed by atoms with E-state index in [0.717, 1.165) is 16.8 Å². The Bertz CT molecular complexity index is 1050. The van der Waals surface area contributed by atoms with E-state index in [-0.39, 0.29) is 29.7 Å². The predicted octanol–water partition coefficient (Wildman–Crippen LogP) is 2.25. The third-order valence-electron chi connectivity index (χ3n) is 5.07. The number of hydrogen-bond donors (Lipinski definition) is 2. The van der Waals surface area contributed by atoms with E-state index in [2.05, 4.69) is 5.32 Å². The van der Waals surface area contributed by atoms with Gasteiger partial charge < -0.3 is 10.2 Å². The maximum absolute atomic E-state index is 12.7. The molecular formula is C20H23N3O4S. The van der Waals surface area contributed by atoms with E-state index in [1.165, 1.54) is 12.1 Å². The van der Waals surface area contributed by atoms with Crippen LogP contribution >= 0.6 is 0 Å². The van der Waals surface area contributed by atoms with Crippen molar-refractivity contribution >= 4 is 33.2 Å². The molecule has 8 heteroatoms. The van der Waals surface area contributed by atoms with Crippen LogP contribution in [0.1, 0.15) is 23.1 Å². The second-order valence-corrected chi connectivity index (χ2v) is 8.75. The highest BCUT2D eigenvalue weighted by Gasteiger charge is 2.35. The van der Waals surface area contributed by atoms with Crippen LogP contribution in [0.25, 0.3) is 0 Å². The predicted molar refractivity (Wildman–Crippen MR) is 108 cm³/mol. The summed E-state index contributed by atoms with van der Waals surface area (Å²) in [5.74, 6) is -0.959. The van der Waals surface area contributed by atoms with Gasteiger partial charge in [0.25, 0.3) is 0 Å². The fourth-order valence-electron chi connectivity index (χ4n) is 3.21. The van der Waals surface area contributed by atoms with Crippen molar-refractivity contribution in [2.75, 3.05) is 16.8 Å². The van der Waals surface area contributed by atoms with E-state index in [0.29, 0.717) is 11.3 Å². The van der Waals surface area contributed by atoms with Crippen molar-refractivity contribution in [1.82, 2.24) is 0 Å². The number of carbonyl (C=O) groups excluding carboxylic acids is 2. The number of hydrogen-bond acceptors (Lipinski definition) is 4. The van der Waals surface area contributed by atoms with Gasteiger partial charge in [0.2, 0.25) is 21.8 Å². The van der Waals surface area contributed by atoms with Gasteiger partial charge in [-0.3, -0.25) is 9.59 Å².